The molecule has 1 aromatic carbocycles. The zero-order valence-electron chi connectivity index (χ0n) is 11.7. The summed E-state index contributed by atoms with van der Waals surface area (Å²) in [6.45, 7) is 4.19. The van der Waals surface area contributed by atoms with Gasteiger partial charge in [0.05, 0.1) is 6.10 Å². The Hall–Kier alpha value is -0.0900. The molecular weight excluding hydrogens is 326 g/mol. The van der Waals surface area contributed by atoms with Crippen molar-refractivity contribution >= 4 is 27.5 Å². The molecule has 1 atom stereocenters. The molecule has 0 saturated heterocycles. The quantitative estimate of drug-likeness (QED) is 0.691. The van der Waals surface area contributed by atoms with E-state index < -0.39 is 6.10 Å². The lowest BCUT2D eigenvalue weighted by atomic mass is 10.1. The summed E-state index contributed by atoms with van der Waals surface area (Å²) in [5.41, 5.74) is 0.812. The summed E-state index contributed by atoms with van der Waals surface area (Å²) in [6.07, 6.45) is 3.96. The van der Waals surface area contributed by atoms with Crippen molar-refractivity contribution in [3.63, 3.8) is 0 Å². The van der Waals surface area contributed by atoms with Crippen molar-refractivity contribution in [2.75, 3.05) is 20.1 Å². The van der Waals surface area contributed by atoms with Gasteiger partial charge in [0.15, 0.2) is 0 Å². The minimum absolute atomic E-state index is 0.491. The van der Waals surface area contributed by atoms with E-state index >= 15 is 0 Å². The van der Waals surface area contributed by atoms with Crippen LogP contribution in [0, 0.1) is 0 Å². The number of hydrogen-bond acceptors (Lipinski definition) is 2. The summed E-state index contributed by atoms with van der Waals surface area (Å²) in [6, 6.07) is 5.62. The highest BCUT2D eigenvalue weighted by molar-refractivity contribution is 9.10. The van der Waals surface area contributed by atoms with Gasteiger partial charge in [0.1, 0.15) is 0 Å². The van der Waals surface area contributed by atoms with E-state index in [1.54, 1.807) is 0 Å². The Bertz CT molecular complexity index is 386. The van der Waals surface area contributed by atoms with E-state index in [4.69, 9.17) is 11.6 Å². The van der Waals surface area contributed by atoms with Crippen LogP contribution in [0.4, 0.5) is 0 Å². The molecule has 1 rings (SSSR count). The maximum atomic E-state index is 10.2. The van der Waals surface area contributed by atoms with Crippen molar-refractivity contribution in [1.82, 2.24) is 4.90 Å². The predicted octanol–water partition coefficient (Wildman–Crippen LogP) is 4.65. The van der Waals surface area contributed by atoms with Gasteiger partial charge in [-0.05, 0) is 44.1 Å². The summed E-state index contributed by atoms with van der Waals surface area (Å²) < 4.78 is 0.935. The number of nitrogens with zero attached hydrogens (tertiary/aromatic N) is 1. The fourth-order valence-electron chi connectivity index (χ4n) is 2.01. The van der Waals surface area contributed by atoms with E-state index in [0.717, 1.165) is 23.1 Å². The fraction of sp³-hybridized carbons (Fsp3) is 0.600. The Labute approximate surface area is 129 Å². The highest BCUT2D eigenvalue weighted by Gasteiger charge is 2.12. The molecule has 0 saturated carbocycles. The average Bonchev–Trinajstić information content (AvgIpc) is 2.36. The summed E-state index contributed by atoms with van der Waals surface area (Å²) in [5, 5.41) is 10.8. The topological polar surface area (TPSA) is 23.5 Å². The lowest BCUT2D eigenvalue weighted by molar-refractivity contribution is 0.148. The van der Waals surface area contributed by atoms with Gasteiger partial charge in [-0.25, -0.2) is 0 Å². The molecule has 1 N–H and O–H groups in total. The molecule has 4 heteroatoms. The summed E-state index contributed by atoms with van der Waals surface area (Å²) in [4.78, 5) is 2.27. The second-order valence-electron chi connectivity index (χ2n) is 4.98. The Morgan fingerprint density at radius 2 is 2.05 bits per heavy atom. The number of hydrogen-bond donors (Lipinski definition) is 1. The first kappa shape index (κ1) is 17.0. The SMILES string of the molecule is CCCCCN(C)CCC(O)c1ccc(Br)cc1Cl. The van der Waals surface area contributed by atoms with Gasteiger partial charge in [0, 0.05) is 16.0 Å². The van der Waals surface area contributed by atoms with Gasteiger partial charge in [-0.1, -0.05) is 53.4 Å². The number of aliphatic hydroxyl groups is 1. The molecule has 108 valence electrons. The van der Waals surface area contributed by atoms with Crippen molar-refractivity contribution in [1.29, 1.82) is 0 Å². The maximum Gasteiger partial charge on any atom is 0.0816 e. The van der Waals surface area contributed by atoms with Crippen LogP contribution >= 0.6 is 27.5 Å². The van der Waals surface area contributed by atoms with E-state index in [1.807, 2.05) is 18.2 Å². The van der Waals surface area contributed by atoms with E-state index in [2.05, 4.69) is 34.8 Å². The number of halogens is 2. The molecule has 0 amide bonds. The molecule has 1 aromatic rings. The Kier molecular flexibility index (Phi) is 8.00. The second-order valence-corrected chi connectivity index (χ2v) is 6.30. The van der Waals surface area contributed by atoms with E-state index in [-0.39, 0.29) is 0 Å². The fourth-order valence-corrected chi connectivity index (χ4v) is 2.81. The van der Waals surface area contributed by atoms with Crippen LogP contribution in [0.1, 0.15) is 44.3 Å². The molecule has 0 bridgehead atoms. The van der Waals surface area contributed by atoms with E-state index in [1.165, 1.54) is 19.3 Å². The molecule has 19 heavy (non-hydrogen) atoms. The molecule has 0 fully saturated rings. The maximum absolute atomic E-state index is 10.2. The van der Waals surface area contributed by atoms with Crippen molar-refractivity contribution in [2.24, 2.45) is 0 Å². The number of benzene rings is 1. The second kappa shape index (κ2) is 8.96. The van der Waals surface area contributed by atoms with Crippen LogP contribution in [-0.4, -0.2) is 30.1 Å². The number of unbranched alkanes of at least 4 members (excludes halogenated alkanes) is 2. The first-order valence-corrected chi connectivity index (χ1v) is 8.03. The van der Waals surface area contributed by atoms with Crippen LogP contribution in [0.5, 0.6) is 0 Å². The van der Waals surface area contributed by atoms with Gasteiger partial charge in [-0.15, -0.1) is 0 Å². The lowest BCUT2D eigenvalue weighted by Crippen LogP contribution is -2.22. The summed E-state index contributed by atoms with van der Waals surface area (Å²) in [5.74, 6) is 0. The minimum atomic E-state index is -0.491. The molecule has 0 spiro atoms. The first-order valence-electron chi connectivity index (χ1n) is 6.86. The van der Waals surface area contributed by atoms with Crippen LogP contribution in [0.15, 0.2) is 22.7 Å². The number of rotatable bonds is 8. The molecule has 0 aliphatic heterocycles. The first-order chi connectivity index (χ1) is 9.04. The third-order valence-electron chi connectivity index (χ3n) is 3.25. The largest absolute Gasteiger partial charge is 0.388 e. The Balaban J connectivity index is 2.40. The molecule has 0 aromatic heterocycles. The molecule has 0 heterocycles. The zero-order valence-corrected chi connectivity index (χ0v) is 14.0. The van der Waals surface area contributed by atoms with Crippen molar-refractivity contribution in [3.05, 3.63) is 33.3 Å². The molecule has 0 aliphatic carbocycles. The normalized spacial score (nSPS) is 12.9. The lowest BCUT2D eigenvalue weighted by Gasteiger charge is -2.19. The highest BCUT2D eigenvalue weighted by Crippen LogP contribution is 2.28. The average molecular weight is 349 g/mol. The summed E-state index contributed by atoms with van der Waals surface area (Å²) in [7, 11) is 2.10. The number of aliphatic hydroxyl groups excluding tert-OH is 1. The Morgan fingerprint density at radius 3 is 2.68 bits per heavy atom. The van der Waals surface area contributed by atoms with Gasteiger partial charge >= 0.3 is 0 Å². The third kappa shape index (κ3) is 6.26. The van der Waals surface area contributed by atoms with Crippen LogP contribution in [0.2, 0.25) is 5.02 Å². The molecule has 1 unspecified atom stereocenters. The van der Waals surface area contributed by atoms with Crippen LogP contribution in [-0.2, 0) is 0 Å². The Morgan fingerprint density at radius 1 is 1.32 bits per heavy atom. The smallest absolute Gasteiger partial charge is 0.0816 e. The van der Waals surface area contributed by atoms with Gasteiger partial charge in [-0.3, -0.25) is 0 Å². The molecule has 2 nitrogen and oxygen atoms in total. The van der Waals surface area contributed by atoms with Crippen LogP contribution < -0.4 is 0 Å². The standard InChI is InChI=1S/C15H23BrClNO/c1-3-4-5-9-18(2)10-8-15(19)13-7-6-12(16)11-14(13)17/h6-7,11,15,19H,3-5,8-10H2,1-2H3. The van der Waals surface area contributed by atoms with E-state index in [9.17, 15) is 5.11 Å². The van der Waals surface area contributed by atoms with Crippen molar-refractivity contribution in [2.45, 2.75) is 38.7 Å². The van der Waals surface area contributed by atoms with Gasteiger partial charge < -0.3 is 10.0 Å². The molecule has 0 radical (unpaired) electrons. The predicted molar refractivity (Wildman–Crippen MR) is 85.8 cm³/mol. The van der Waals surface area contributed by atoms with Crippen molar-refractivity contribution < 1.29 is 5.11 Å². The third-order valence-corrected chi connectivity index (χ3v) is 4.07. The van der Waals surface area contributed by atoms with Gasteiger partial charge in [0.2, 0.25) is 0 Å². The zero-order chi connectivity index (χ0) is 14.3. The highest BCUT2D eigenvalue weighted by atomic mass is 79.9. The van der Waals surface area contributed by atoms with Gasteiger partial charge in [-0.2, -0.15) is 0 Å². The van der Waals surface area contributed by atoms with Crippen LogP contribution in [0.25, 0.3) is 0 Å². The molecule has 0 aliphatic rings. The van der Waals surface area contributed by atoms with Gasteiger partial charge in [0.25, 0.3) is 0 Å². The van der Waals surface area contributed by atoms with E-state index in [0.29, 0.717) is 11.4 Å². The monoisotopic (exact) mass is 347 g/mol. The summed E-state index contributed by atoms with van der Waals surface area (Å²) >= 11 is 9.51. The van der Waals surface area contributed by atoms with Crippen LogP contribution in [0.3, 0.4) is 0 Å². The molecular formula is C15H23BrClNO. The van der Waals surface area contributed by atoms with Crippen molar-refractivity contribution in [3.8, 4) is 0 Å². The minimum Gasteiger partial charge on any atom is -0.388 e.